The van der Waals surface area contributed by atoms with Gasteiger partial charge in [-0.3, -0.25) is 4.79 Å². The normalized spacial score (nSPS) is 12.5. The van der Waals surface area contributed by atoms with Crippen LogP contribution in [0.2, 0.25) is 0 Å². The topological polar surface area (TPSA) is 56.8 Å². The van der Waals surface area contributed by atoms with Crippen molar-refractivity contribution >= 4 is 34.5 Å². The molecule has 2 aromatic rings. The van der Waals surface area contributed by atoms with Crippen molar-refractivity contribution in [1.82, 2.24) is 5.32 Å². The minimum atomic E-state index is -1.36. The standard InChI is InChI=1S/C22H24BrNO4S/c1-4-14-27-19-11-6-16(15-20(19)26-3)12-13-24-21(25)22(29,28-5-2)17-7-9-18(23)10-8-17/h1,6-11,15,29H,5,12-14H2,2-3H3,(H,24,25). The molecule has 0 aliphatic carbocycles. The summed E-state index contributed by atoms with van der Waals surface area (Å²) in [5.74, 6) is 3.29. The molecule has 7 heteroatoms. The molecule has 29 heavy (non-hydrogen) atoms. The van der Waals surface area contributed by atoms with Gasteiger partial charge >= 0.3 is 0 Å². The molecular weight excluding hydrogens is 454 g/mol. The largest absolute Gasteiger partial charge is 0.493 e. The smallest absolute Gasteiger partial charge is 0.267 e. The van der Waals surface area contributed by atoms with Crippen LogP contribution in [-0.4, -0.2) is 32.8 Å². The molecule has 2 aromatic carbocycles. The third-order valence-corrected chi connectivity index (χ3v) is 5.25. The van der Waals surface area contributed by atoms with Crippen LogP contribution < -0.4 is 14.8 Å². The van der Waals surface area contributed by atoms with Crippen molar-refractivity contribution in [2.24, 2.45) is 0 Å². The van der Waals surface area contributed by atoms with Gasteiger partial charge in [-0.1, -0.05) is 40.0 Å². The Morgan fingerprint density at radius 2 is 1.97 bits per heavy atom. The highest BCUT2D eigenvalue weighted by atomic mass is 79.9. The highest BCUT2D eigenvalue weighted by Gasteiger charge is 2.37. The van der Waals surface area contributed by atoms with Crippen LogP contribution in [0.25, 0.3) is 0 Å². The van der Waals surface area contributed by atoms with E-state index >= 15 is 0 Å². The van der Waals surface area contributed by atoms with E-state index in [1.165, 1.54) is 0 Å². The molecule has 2 rings (SSSR count). The molecule has 5 nitrogen and oxygen atoms in total. The van der Waals surface area contributed by atoms with Crippen molar-refractivity contribution in [2.75, 3.05) is 26.9 Å². The second-order valence-corrected chi connectivity index (χ2v) is 7.61. The van der Waals surface area contributed by atoms with Crippen molar-refractivity contribution in [3.63, 3.8) is 0 Å². The maximum absolute atomic E-state index is 12.8. The number of thiol groups is 1. The first-order valence-corrected chi connectivity index (χ1v) is 10.3. The highest BCUT2D eigenvalue weighted by molar-refractivity contribution is 9.10. The van der Waals surface area contributed by atoms with E-state index in [9.17, 15) is 4.79 Å². The Kier molecular flexibility index (Phi) is 8.90. The molecule has 154 valence electrons. The summed E-state index contributed by atoms with van der Waals surface area (Å²) in [5.41, 5.74) is 1.65. The number of hydrogen-bond acceptors (Lipinski definition) is 5. The van der Waals surface area contributed by atoms with Gasteiger partial charge in [0.1, 0.15) is 6.61 Å². The Morgan fingerprint density at radius 1 is 1.24 bits per heavy atom. The van der Waals surface area contributed by atoms with Crippen molar-refractivity contribution in [1.29, 1.82) is 0 Å². The number of hydrogen-bond donors (Lipinski definition) is 2. The van der Waals surface area contributed by atoms with Gasteiger partial charge in [-0.05, 0) is 43.2 Å². The van der Waals surface area contributed by atoms with Crippen LogP contribution in [0.3, 0.4) is 0 Å². The van der Waals surface area contributed by atoms with Gasteiger partial charge in [0, 0.05) is 23.2 Å². The minimum Gasteiger partial charge on any atom is -0.493 e. The van der Waals surface area contributed by atoms with E-state index in [0.717, 1.165) is 10.0 Å². The fourth-order valence-corrected chi connectivity index (χ4v) is 3.33. The molecule has 0 saturated carbocycles. The van der Waals surface area contributed by atoms with Crippen molar-refractivity contribution < 1.29 is 19.0 Å². The number of halogens is 1. The molecule has 1 atom stereocenters. The summed E-state index contributed by atoms with van der Waals surface area (Å²) in [6.45, 7) is 2.76. The summed E-state index contributed by atoms with van der Waals surface area (Å²) in [6, 6.07) is 12.9. The number of methoxy groups -OCH3 is 1. The average Bonchev–Trinajstić information content (AvgIpc) is 2.73. The number of ether oxygens (including phenoxy) is 3. The molecule has 0 aliphatic rings. The lowest BCUT2D eigenvalue weighted by Crippen LogP contribution is -2.43. The van der Waals surface area contributed by atoms with Gasteiger partial charge in [0.25, 0.3) is 5.91 Å². The van der Waals surface area contributed by atoms with Crippen LogP contribution in [0.4, 0.5) is 0 Å². The third kappa shape index (κ3) is 6.17. The first-order valence-electron chi connectivity index (χ1n) is 9.08. The lowest BCUT2D eigenvalue weighted by molar-refractivity contribution is -0.136. The predicted octanol–water partition coefficient (Wildman–Crippen LogP) is 3.95. The van der Waals surface area contributed by atoms with Gasteiger partial charge in [-0.15, -0.1) is 19.1 Å². The maximum atomic E-state index is 12.8. The molecule has 1 N–H and O–H groups in total. The fraction of sp³-hybridized carbons (Fsp3) is 0.318. The summed E-state index contributed by atoms with van der Waals surface area (Å²) >= 11 is 7.94. The van der Waals surface area contributed by atoms with E-state index in [1.807, 2.05) is 43.3 Å². The zero-order valence-electron chi connectivity index (χ0n) is 16.4. The molecule has 0 spiro atoms. The van der Waals surface area contributed by atoms with Crippen molar-refractivity contribution in [3.05, 3.63) is 58.1 Å². The molecular formula is C22H24BrNO4S. The lowest BCUT2D eigenvalue weighted by Gasteiger charge is -2.27. The second-order valence-electron chi connectivity index (χ2n) is 6.07. The number of terminal acetylenes is 1. The summed E-state index contributed by atoms with van der Waals surface area (Å²) < 4.78 is 17.4. The van der Waals surface area contributed by atoms with E-state index < -0.39 is 4.93 Å². The number of nitrogens with one attached hydrogen (secondary N) is 1. The molecule has 1 unspecified atom stereocenters. The van der Waals surface area contributed by atoms with Gasteiger partial charge in [-0.2, -0.15) is 0 Å². The van der Waals surface area contributed by atoms with Crippen LogP contribution in [0, 0.1) is 12.3 Å². The Labute approximate surface area is 185 Å². The SMILES string of the molecule is C#CCOc1ccc(CCNC(=O)C(S)(OCC)c2ccc(Br)cc2)cc1OC. The number of benzene rings is 2. The predicted molar refractivity (Wildman–Crippen MR) is 120 cm³/mol. The Hall–Kier alpha value is -2.14. The van der Waals surface area contributed by atoms with Crippen LogP contribution in [-0.2, 0) is 20.9 Å². The monoisotopic (exact) mass is 477 g/mol. The Balaban J connectivity index is 2.03. The van der Waals surface area contributed by atoms with Crippen LogP contribution >= 0.6 is 28.6 Å². The first-order chi connectivity index (χ1) is 13.9. The molecule has 0 bridgehead atoms. The molecule has 0 aromatic heterocycles. The summed E-state index contributed by atoms with van der Waals surface area (Å²) in [7, 11) is 1.57. The molecule has 0 aliphatic heterocycles. The van der Waals surface area contributed by atoms with E-state index in [0.29, 0.717) is 36.6 Å². The first kappa shape index (κ1) is 23.1. The van der Waals surface area contributed by atoms with Gasteiger partial charge in [0.05, 0.1) is 7.11 Å². The summed E-state index contributed by atoms with van der Waals surface area (Å²) in [4.78, 5) is 11.5. The van der Waals surface area contributed by atoms with E-state index in [2.05, 4.69) is 39.8 Å². The Morgan fingerprint density at radius 3 is 2.59 bits per heavy atom. The number of rotatable bonds is 10. The minimum absolute atomic E-state index is 0.170. The zero-order chi connectivity index (χ0) is 21.3. The summed E-state index contributed by atoms with van der Waals surface area (Å²) in [6.07, 6.45) is 5.83. The molecule has 0 fully saturated rings. The maximum Gasteiger partial charge on any atom is 0.267 e. The zero-order valence-corrected chi connectivity index (χ0v) is 18.9. The van der Waals surface area contributed by atoms with E-state index in [1.54, 1.807) is 13.2 Å². The summed E-state index contributed by atoms with van der Waals surface area (Å²) in [5, 5.41) is 2.91. The highest BCUT2D eigenvalue weighted by Crippen LogP contribution is 2.32. The van der Waals surface area contributed by atoms with Crippen LogP contribution in [0.1, 0.15) is 18.1 Å². The molecule has 0 saturated heterocycles. The van der Waals surface area contributed by atoms with E-state index in [4.69, 9.17) is 20.6 Å². The number of carbonyl (C=O) groups excluding carboxylic acids is 1. The quantitative estimate of drug-likeness (QED) is 0.309. The molecule has 0 heterocycles. The van der Waals surface area contributed by atoms with Gasteiger partial charge in [0.2, 0.25) is 4.93 Å². The van der Waals surface area contributed by atoms with Gasteiger partial charge in [0.15, 0.2) is 11.5 Å². The lowest BCUT2D eigenvalue weighted by atomic mass is 10.1. The number of carbonyl (C=O) groups is 1. The van der Waals surface area contributed by atoms with Gasteiger partial charge < -0.3 is 19.5 Å². The Bertz CT molecular complexity index is 866. The van der Waals surface area contributed by atoms with Gasteiger partial charge in [-0.25, -0.2) is 0 Å². The van der Waals surface area contributed by atoms with E-state index in [-0.39, 0.29) is 12.5 Å². The van der Waals surface area contributed by atoms with Crippen LogP contribution in [0.15, 0.2) is 46.9 Å². The van der Waals surface area contributed by atoms with Crippen LogP contribution in [0.5, 0.6) is 11.5 Å². The number of amides is 1. The van der Waals surface area contributed by atoms with Crippen molar-refractivity contribution in [2.45, 2.75) is 18.3 Å². The molecule has 1 amide bonds. The second kappa shape index (κ2) is 11.1. The van der Waals surface area contributed by atoms with Crippen molar-refractivity contribution in [3.8, 4) is 23.8 Å². The third-order valence-electron chi connectivity index (χ3n) is 4.13. The fourth-order valence-electron chi connectivity index (χ4n) is 2.71. The average molecular weight is 478 g/mol. The molecule has 0 radical (unpaired) electrons.